The zero-order valence-electron chi connectivity index (χ0n) is 16.0. The van der Waals surface area contributed by atoms with E-state index in [4.69, 9.17) is 4.74 Å². The number of hydrogen-bond acceptors (Lipinski definition) is 6. The molecule has 4 aromatic heterocycles. The first-order chi connectivity index (χ1) is 14.8. The molecular weight excluding hydrogens is 396 g/mol. The summed E-state index contributed by atoms with van der Waals surface area (Å²) in [5.41, 5.74) is 2.30. The number of hydrogen-bond donors (Lipinski definition) is 1. The Hall–Kier alpha value is -3.58. The lowest BCUT2D eigenvalue weighted by molar-refractivity contribution is 0.311. The molecule has 5 aromatic rings. The van der Waals surface area contributed by atoms with E-state index in [-0.39, 0.29) is 5.56 Å². The molecule has 0 spiro atoms. The van der Waals surface area contributed by atoms with E-state index in [2.05, 4.69) is 19.9 Å². The molecule has 1 N–H and O–H groups in total. The minimum absolute atomic E-state index is 0.203. The van der Waals surface area contributed by atoms with Gasteiger partial charge in [-0.2, -0.15) is 0 Å². The van der Waals surface area contributed by atoms with Gasteiger partial charge in [-0.05, 0) is 66.2 Å². The van der Waals surface area contributed by atoms with E-state index in [1.165, 1.54) is 5.56 Å². The van der Waals surface area contributed by atoms with E-state index < -0.39 is 0 Å². The van der Waals surface area contributed by atoms with Crippen LogP contribution in [0.2, 0.25) is 0 Å². The van der Waals surface area contributed by atoms with Crippen molar-refractivity contribution in [2.75, 3.05) is 6.61 Å². The fourth-order valence-corrected chi connectivity index (χ4v) is 4.13. The molecule has 0 amide bonds. The van der Waals surface area contributed by atoms with Gasteiger partial charge >= 0.3 is 0 Å². The van der Waals surface area contributed by atoms with Gasteiger partial charge in [0.15, 0.2) is 5.82 Å². The van der Waals surface area contributed by atoms with Crippen molar-refractivity contribution < 1.29 is 4.74 Å². The minimum Gasteiger partial charge on any atom is -0.494 e. The summed E-state index contributed by atoms with van der Waals surface area (Å²) < 4.78 is 6.95. The van der Waals surface area contributed by atoms with Gasteiger partial charge in [-0.25, -0.2) is 4.98 Å². The molecule has 0 aliphatic carbocycles. The number of aromatic nitrogens is 4. The molecule has 0 aliphatic heterocycles. The van der Waals surface area contributed by atoms with Gasteiger partial charge in [0.25, 0.3) is 5.56 Å². The third-order valence-corrected chi connectivity index (χ3v) is 5.76. The second-order valence-electron chi connectivity index (χ2n) is 6.93. The van der Waals surface area contributed by atoms with E-state index in [0.717, 1.165) is 22.9 Å². The predicted octanol–water partition coefficient (Wildman–Crippen LogP) is 4.61. The lowest BCUT2D eigenvalue weighted by atomic mass is 10.1. The van der Waals surface area contributed by atoms with Crippen LogP contribution in [0.3, 0.4) is 0 Å². The third-order valence-electron chi connectivity index (χ3n) is 4.88. The van der Waals surface area contributed by atoms with E-state index in [1.807, 2.05) is 41.8 Å². The second-order valence-corrected chi connectivity index (χ2v) is 7.88. The van der Waals surface area contributed by atoms with Crippen LogP contribution >= 0.6 is 11.3 Å². The van der Waals surface area contributed by atoms with Crippen molar-refractivity contribution in [3.05, 3.63) is 82.4 Å². The van der Waals surface area contributed by atoms with Crippen LogP contribution in [0.15, 0.2) is 71.2 Å². The maximum atomic E-state index is 12.7. The second kappa shape index (κ2) is 8.04. The van der Waals surface area contributed by atoms with Crippen molar-refractivity contribution in [2.45, 2.75) is 12.8 Å². The van der Waals surface area contributed by atoms with Crippen LogP contribution < -0.4 is 10.3 Å². The van der Waals surface area contributed by atoms with Crippen LogP contribution in [0.1, 0.15) is 12.0 Å². The first kappa shape index (κ1) is 18.4. The van der Waals surface area contributed by atoms with Crippen molar-refractivity contribution in [3.8, 4) is 17.3 Å². The number of benzene rings is 1. The Balaban J connectivity index is 1.34. The average molecular weight is 414 g/mol. The van der Waals surface area contributed by atoms with Crippen molar-refractivity contribution in [1.29, 1.82) is 0 Å². The van der Waals surface area contributed by atoms with Crippen molar-refractivity contribution in [2.24, 2.45) is 0 Å². The van der Waals surface area contributed by atoms with Crippen LogP contribution in [-0.2, 0) is 6.42 Å². The molecule has 0 fully saturated rings. The zero-order chi connectivity index (χ0) is 20.3. The van der Waals surface area contributed by atoms with Gasteiger partial charge in [0.2, 0.25) is 0 Å². The van der Waals surface area contributed by atoms with Crippen molar-refractivity contribution >= 4 is 32.3 Å². The lowest BCUT2D eigenvalue weighted by Gasteiger charge is -2.08. The Bertz CT molecular complexity index is 1380. The molecule has 6 nitrogen and oxygen atoms in total. The van der Waals surface area contributed by atoms with Crippen molar-refractivity contribution in [3.63, 3.8) is 0 Å². The highest BCUT2D eigenvalue weighted by Crippen LogP contribution is 2.25. The number of nitrogens with zero attached hydrogens (tertiary/aromatic N) is 3. The van der Waals surface area contributed by atoms with E-state index in [1.54, 1.807) is 36.0 Å². The summed E-state index contributed by atoms with van der Waals surface area (Å²) in [5, 5.41) is 3.60. The fourth-order valence-electron chi connectivity index (χ4n) is 3.33. The van der Waals surface area contributed by atoms with Crippen LogP contribution in [0.4, 0.5) is 0 Å². The molecule has 0 atom stereocenters. The molecule has 0 saturated carbocycles. The van der Waals surface area contributed by atoms with Crippen LogP contribution in [-0.4, -0.2) is 26.5 Å². The van der Waals surface area contributed by atoms with Gasteiger partial charge in [0.05, 0.1) is 17.5 Å². The Labute approximate surface area is 176 Å². The lowest BCUT2D eigenvalue weighted by Crippen LogP contribution is -2.10. The zero-order valence-corrected chi connectivity index (χ0v) is 16.9. The van der Waals surface area contributed by atoms with Gasteiger partial charge in [-0.15, -0.1) is 11.3 Å². The maximum Gasteiger partial charge on any atom is 0.259 e. The normalized spacial score (nSPS) is 11.2. The average Bonchev–Trinajstić information content (AvgIpc) is 3.25. The molecule has 1 aromatic carbocycles. The Kier molecular flexibility index (Phi) is 4.94. The molecule has 7 heteroatoms. The number of thiophene rings is 1. The molecule has 0 unspecified atom stereocenters. The molecular formula is C23H18N4O2S. The van der Waals surface area contributed by atoms with Crippen LogP contribution in [0, 0.1) is 0 Å². The van der Waals surface area contributed by atoms with Gasteiger partial charge < -0.3 is 9.72 Å². The van der Waals surface area contributed by atoms with Gasteiger partial charge in [0, 0.05) is 28.7 Å². The number of aryl methyl sites for hydroxylation is 1. The summed E-state index contributed by atoms with van der Waals surface area (Å²) in [6.07, 6.45) is 7.19. The fraction of sp³-hybridized carbons (Fsp3) is 0.130. The summed E-state index contributed by atoms with van der Waals surface area (Å²) in [6, 6.07) is 13.4. The summed E-state index contributed by atoms with van der Waals surface area (Å²) in [7, 11) is 0. The number of H-pyrrole nitrogens is 1. The highest BCUT2D eigenvalue weighted by atomic mass is 32.1. The topological polar surface area (TPSA) is 80.8 Å². The molecule has 4 heterocycles. The number of ether oxygens (including phenoxy) is 1. The SMILES string of the molecule is O=c1[nH]c(-c2cc3sccc3cn2)nc2ccc(OCCCc3ccncc3)cc12. The number of nitrogens with one attached hydrogen (secondary N) is 1. The number of rotatable bonds is 6. The van der Waals surface area contributed by atoms with E-state index in [9.17, 15) is 4.79 Å². The van der Waals surface area contributed by atoms with Gasteiger partial charge in [-0.3, -0.25) is 14.8 Å². The monoisotopic (exact) mass is 414 g/mol. The third kappa shape index (κ3) is 3.79. The highest BCUT2D eigenvalue weighted by molar-refractivity contribution is 7.17. The smallest absolute Gasteiger partial charge is 0.259 e. The number of fused-ring (bicyclic) bond motifs is 2. The number of aromatic amines is 1. The van der Waals surface area contributed by atoms with Gasteiger partial charge in [0.1, 0.15) is 11.4 Å². The maximum absolute atomic E-state index is 12.7. The molecule has 0 saturated heterocycles. The van der Waals surface area contributed by atoms with Crippen molar-refractivity contribution in [1.82, 2.24) is 19.9 Å². The minimum atomic E-state index is -0.203. The number of pyridine rings is 2. The summed E-state index contributed by atoms with van der Waals surface area (Å²) >= 11 is 1.63. The van der Waals surface area contributed by atoms with Crippen LogP contribution in [0.25, 0.3) is 32.5 Å². The summed E-state index contributed by atoms with van der Waals surface area (Å²) in [6.45, 7) is 0.571. The van der Waals surface area contributed by atoms with E-state index >= 15 is 0 Å². The first-order valence-corrected chi connectivity index (χ1v) is 10.5. The first-order valence-electron chi connectivity index (χ1n) is 9.66. The largest absolute Gasteiger partial charge is 0.494 e. The standard InChI is InChI=1S/C23H18N4O2S/c28-23-18-12-17(29-10-1-2-15-5-8-24-9-6-15)3-4-19(18)26-22(27-23)20-13-21-16(14-25-20)7-11-30-21/h3-9,11-14H,1-2,10H2,(H,26,27,28). The predicted molar refractivity (Wildman–Crippen MR) is 119 cm³/mol. The Morgan fingerprint density at radius 3 is 2.87 bits per heavy atom. The molecule has 5 rings (SSSR count). The molecule has 0 radical (unpaired) electrons. The molecule has 148 valence electrons. The molecule has 30 heavy (non-hydrogen) atoms. The van der Waals surface area contributed by atoms with Gasteiger partial charge in [-0.1, -0.05) is 0 Å². The quantitative estimate of drug-likeness (QED) is 0.411. The summed E-state index contributed by atoms with van der Waals surface area (Å²) in [4.78, 5) is 28.6. The van der Waals surface area contributed by atoms with E-state index in [0.29, 0.717) is 34.8 Å². The summed E-state index contributed by atoms with van der Waals surface area (Å²) in [5.74, 6) is 1.13. The Morgan fingerprint density at radius 2 is 1.97 bits per heavy atom. The van der Waals surface area contributed by atoms with Crippen LogP contribution in [0.5, 0.6) is 5.75 Å². The highest BCUT2D eigenvalue weighted by Gasteiger charge is 2.09. The molecule has 0 aliphatic rings. The molecule has 0 bridgehead atoms. The Morgan fingerprint density at radius 1 is 1.07 bits per heavy atom.